The molecule has 2 N–H and O–H groups in total. The first-order valence-corrected chi connectivity index (χ1v) is 26.0. The zero-order valence-electron chi connectivity index (χ0n) is 41.9. The highest BCUT2D eigenvalue weighted by Crippen LogP contribution is 2.62. The maximum Gasteiger partial charge on any atom is 0.410 e. The average molecular weight is 1000 g/mol. The van der Waals surface area contributed by atoms with Crippen molar-refractivity contribution in [3.05, 3.63) is 204 Å². The van der Waals surface area contributed by atoms with Gasteiger partial charge in [0.1, 0.15) is 43.2 Å². The number of amides is 1. The number of carbonyl (C=O) groups is 1. The lowest BCUT2D eigenvalue weighted by atomic mass is 9.55. The first-order valence-electron chi connectivity index (χ1n) is 26.0. The summed E-state index contributed by atoms with van der Waals surface area (Å²) >= 11 is 0. The molecule has 0 radical (unpaired) electrons. The number of aliphatic hydroxyl groups is 2. The number of benzene rings is 6. The molecule has 6 aromatic rings. The Morgan fingerprint density at radius 2 is 1.49 bits per heavy atom. The number of allylic oxidation sites excluding steroid dienone is 1. The van der Waals surface area contributed by atoms with Crippen LogP contribution in [0.15, 0.2) is 175 Å². The number of fused-ring (bicyclic) bond motifs is 3. The van der Waals surface area contributed by atoms with Crippen LogP contribution in [0, 0.1) is 23.6 Å². The van der Waals surface area contributed by atoms with E-state index in [2.05, 4.69) is 30.9 Å². The molecule has 6 atom stereocenters. The van der Waals surface area contributed by atoms with E-state index >= 15 is 4.79 Å². The Labute approximate surface area is 433 Å². The highest BCUT2D eigenvalue weighted by Gasteiger charge is 2.65. The van der Waals surface area contributed by atoms with Gasteiger partial charge in [0.15, 0.2) is 0 Å². The third-order valence-electron chi connectivity index (χ3n) is 14.6. The van der Waals surface area contributed by atoms with Gasteiger partial charge in [0, 0.05) is 36.7 Å². The van der Waals surface area contributed by atoms with E-state index in [0.29, 0.717) is 42.2 Å². The molecule has 0 aromatic heterocycles. The summed E-state index contributed by atoms with van der Waals surface area (Å²) < 4.78 is 48.4. The molecule has 6 unspecified atom stereocenters. The van der Waals surface area contributed by atoms with Crippen LogP contribution in [-0.4, -0.2) is 71.8 Å². The van der Waals surface area contributed by atoms with Crippen molar-refractivity contribution in [2.45, 2.75) is 89.1 Å². The van der Waals surface area contributed by atoms with Crippen molar-refractivity contribution >= 4 is 22.6 Å². The molecular weight excluding hydrogens is 936 g/mol. The second kappa shape index (κ2) is 25.4. The highest BCUT2D eigenvalue weighted by atomic mass is 19.1. The molecular formula is C62H67FN2O9. The summed E-state index contributed by atoms with van der Waals surface area (Å²) in [4.78, 5) is 23.4. The molecule has 0 spiro atoms. The lowest BCUT2D eigenvalue weighted by Gasteiger charge is -2.60. The van der Waals surface area contributed by atoms with Gasteiger partial charge in [-0.2, -0.15) is 0 Å². The molecule has 2 aliphatic carbocycles. The van der Waals surface area contributed by atoms with Gasteiger partial charge in [-0.15, -0.1) is 6.58 Å². The maximum atomic E-state index is 15.3. The number of ether oxygens (including phenoxy) is 5. The quantitative estimate of drug-likeness (QED) is 0.0327. The Hall–Kier alpha value is -6.83. The summed E-state index contributed by atoms with van der Waals surface area (Å²) in [6, 6.07) is 45.4. The van der Waals surface area contributed by atoms with Crippen molar-refractivity contribution < 1.29 is 47.9 Å². The van der Waals surface area contributed by atoms with Crippen molar-refractivity contribution in [2.24, 2.45) is 22.9 Å². The molecule has 9 rings (SSSR count). The Kier molecular flexibility index (Phi) is 17.9. The number of nitrogens with zero attached hydrogens (tertiary/aromatic N) is 2. The number of carbonyl (C=O) groups excluding carboxylic acids is 1. The van der Waals surface area contributed by atoms with Gasteiger partial charge in [-0.3, -0.25) is 4.90 Å². The van der Waals surface area contributed by atoms with Crippen LogP contribution in [0.5, 0.6) is 11.5 Å². The van der Waals surface area contributed by atoms with Crippen LogP contribution in [0.2, 0.25) is 0 Å². The minimum atomic E-state index is -1.55. The van der Waals surface area contributed by atoms with Gasteiger partial charge < -0.3 is 38.7 Å². The van der Waals surface area contributed by atoms with Gasteiger partial charge in [-0.25, -0.2) is 9.18 Å². The summed E-state index contributed by atoms with van der Waals surface area (Å²) in [5.74, 6) is -1.72. The Balaban J connectivity index is 1.20. The molecule has 386 valence electrons. The van der Waals surface area contributed by atoms with Crippen molar-refractivity contribution in [1.82, 2.24) is 4.90 Å². The minimum Gasteiger partial charge on any atom is -0.489 e. The van der Waals surface area contributed by atoms with Crippen molar-refractivity contribution in [3.8, 4) is 11.5 Å². The Bertz CT molecular complexity index is 2850. The van der Waals surface area contributed by atoms with E-state index in [4.69, 9.17) is 33.7 Å². The fraction of sp³-hybridized carbons (Fsp3) is 0.355. The van der Waals surface area contributed by atoms with Gasteiger partial charge in [-0.1, -0.05) is 151 Å². The fourth-order valence-corrected chi connectivity index (χ4v) is 11.2. The molecule has 0 bridgehead atoms. The second-order valence-electron chi connectivity index (χ2n) is 19.3. The van der Waals surface area contributed by atoms with Gasteiger partial charge in [0.05, 0.1) is 38.0 Å². The number of hydrogen-bond acceptors (Lipinski definition) is 10. The topological polar surface area (TPSA) is 129 Å². The molecule has 3 aliphatic rings. The zero-order chi connectivity index (χ0) is 51.1. The lowest BCUT2D eigenvalue weighted by Crippen LogP contribution is -2.70. The standard InChI is InChI=1S/C62H67FN2O9/c1-2-34-72-62-58(65(40-48-26-17-25-46-22-9-11-27-51(46)48)61(68)70-36-35-69-41-44-18-5-3-6-19-44)39-56(64-73-42-45-20-7-4-8-21-45)53-37-47(23-13-15-32-66)52(28-14-16-33-67)59(60(53)62)54-38-50(30-31-57(54)74-62)71-43-49-24-10-12-29-55(49)63/h2-12,17-22,24-27,29-31,37-38,47,52,58-60,66-67H,1,13-16,23,28,32-36,39-43H2. The normalized spacial score (nSPS) is 21.2. The van der Waals surface area contributed by atoms with E-state index in [-0.39, 0.29) is 82.8 Å². The number of oxime groups is 1. The van der Waals surface area contributed by atoms with Crippen molar-refractivity contribution in [1.29, 1.82) is 0 Å². The first-order chi connectivity index (χ1) is 36.4. The first kappa shape index (κ1) is 52.0. The van der Waals surface area contributed by atoms with Crippen LogP contribution in [-0.2, 0) is 45.4 Å². The van der Waals surface area contributed by atoms with E-state index in [1.165, 1.54) is 6.07 Å². The second-order valence-corrected chi connectivity index (χ2v) is 19.3. The highest BCUT2D eigenvalue weighted by molar-refractivity contribution is 6.03. The number of halogens is 1. The molecule has 74 heavy (non-hydrogen) atoms. The van der Waals surface area contributed by atoms with Gasteiger partial charge in [-0.05, 0) is 94.8 Å². The monoisotopic (exact) mass is 1000 g/mol. The smallest absolute Gasteiger partial charge is 0.410 e. The average Bonchev–Trinajstić information content (AvgIpc) is 3.47. The number of unbranched alkanes of at least 4 members (excludes halogenated alkanes) is 2. The van der Waals surface area contributed by atoms with Gasteiger partial charge in [0.2, 0.25) is 5.79 Å². The van der Waals surface area contributed by atoms with Gasteiger partial charge in [0.25, 0.3) is 0 Å². The van der Waals surface area contributed by atoms with Gasteiger partial charge >= 0.3 is 6.09 Å². The molecule has 1 saturated carbocycles. The zero-order valence-corrected chi connectivity index (χ0v) is 41.9. The summed E-state index contributed by atoms with van der Waals surface area (Å²) in [6.45, 7) is 5.20. The molecule has 1 aliphatic heterocycles. The lowest BCUT2D eigenvalue weighted by molar-refractivity contribution is -0.256. The van der Waals surface area contributed by atoms with Crippen LogP contribution in [0.1, 0.15) is 78.7 Å². The number of hydrogen-bond donors (Lipinski definition) is 2. The largest absolute Gasteiger partial charge is 0.489 e. The maximum absolute atomic E-state index is 15.3. The molecule has 6 aromatic carbocycles. The van der Waals surface area contributed by atoms with Crippen LogP contribution >= 0.6 is 0 Å². The minimum absolute atomic E-state index is 0.00560. The third-order valence-corrected chi connectivity index (χ3v) is 14.6. The predicted molar refractivity (Wildman–Crippen MR) is 284 cm³/mol. The van der Waals surface area contributed by atoms with E-state index < -0.39 is 23.8 Å². The Morgan fingerprint density at radius 1 is 0.784 bits per heavy atom. The summed E-state index contributed by atoms with van der Waals surface area (Å²) in [5, 5.41) is 27.2. The van der Waals surface area contributed by atoms with E-state index in [1.807, 2.05) is 103 Å². The van der Waals surface area contributed by atoms with Crippen LogP contribution in [0.4, 0.5) is 9.18 Å². The summed E-state index contributed by atoms with van der Waals surface area (Å²) in [5.41, 5.74) is 5.72. The molecule has 1 amide bonds. The molecule has 1 heterocycles. The summed E-state index contributed by atoms with van der Waals surface area (Å²) in [7, 11) is 0. The molecule has 1 fully saturated rings. The number of aliphatic hydroxyl groups excluding tert-OH is 2. The van der Waals surface area contributed by atoms with E-state index in [0.717, 1.165) is 64.3 Å². The van der Waals surface area contributed by atoms with Crippen molar-refractivity contribution in [2.75, 3.05) is 33.0 Å². The Morgan fingerprint density at radius 3 is 2.26 bits per heavy atom. The SMILES string of the molecule is C=CCOC12Oc3ccc(OCc4ccccc4F)cc3C3C(CCCCO)C(CCCCO)C=C(C(=NOCc4ccccc4)CC1N(Cc1cccc4ccccc14)C(=O)OCCOCc1ccccc1)C32. The van der Waals surface area contributed by atoms with Crippen LogP contribution in [0.25, 0.3) is 10.8 Å². The van der Waals surface area contributed by atoms with Crippen LogP contribution < -0.4 is 9.47 Å². The number of rotatable bonds is 25. The molecule has 12 heteroatoms. The van der Waals surface area contributed by atoms with E-state index in [9.17, 15) is 14.6 Å². The predicted octanol–water partition coefficient (Wildman–Crippen LogP) is 12.2. The van der Waals surface area contributed by atoms with Crippen molar-refractivity contribution in [3.63, 3.8) is 0 Å². The molecule has 0 saturated heterocycles. The third kappa shape index (κ3) is 12.1. The van der Waals surface area contributed by atoms with Crippen LogP contribution in [0.3, 0.4) is 0 Å². The summed E-state index contributed by atoms with van der Waals surface area (Å²) in [6.07, 6.45) is 7.93. The molecule has 11 nitrogen and oxygen atoms in total. The fourth-order valence-electron chi connectivity index (χ4n) is 11.2. The van der Waals surface area contributed by atoms with E-state index in [1.54, 1.807) is 29.2 Å².